The van der Waals surface area contributed by atoms with E-state index in [0.29, 0.717) is 31.0 Å². The normalized spacial score (nSPS) is 10.7. The van der Waals surface area contributed by atoms with Gasteiger partial charge in [0.1, 0.15) is 11.6 Å². The van der Waals surface area contributed by atoms with Crippen LogP contribution in [0.15, 0.2) is 52.9 Å². The number of methoxy groups -OCH3 is 1. The molecule has 0 aliphatic carbocycles. The van der Waals surface area contributed by atoms with Gasteiger partial charge in [-0.05, 0) is 41.8 Å². The molecule has 118 valence electrons. The third-order valence-electron chi connectivity index (χ3n) is 3.54. The first-order chi connectivity index (χ1) is 11.2. The lowest BCUT2D eigenvalue weighted by molar-refractivity contribution is 0.414. The van der Waals surface area contributed by atoms with Crippen molar-refractivity contribution in [2.75, 3.05) is 7.11 Å². The average molecular weight is 312 g/mol. The molecule has 23 heavy (non-hydrogen) atoms. The predicted octanol–water partition coefficient (Wildman–Crippen LogP) is 3.59. The molecular formula is C18H17FN2O2. The third kappa shape index (κ3) is 4.16. The lowest BCUT2D eigenvalue weighted by Gasteiger charge is -2.01. The summed E-state index contributed by atoms with van der Waals surface area (Å²) in [5.74, 6) is 1.73. The van der Waals surface area contributed by atoms with Crippen molar-refractivity contribution >= 4 is 0 Å². The topological polar surface area (TPSA) is 48.2 Å². The largest absolute Gasteiger partial charge is 0.497 e. The second kappa shape index (κ2) is 7.05. The smallest absolute Gasteiger partial charge is 0.220 e. The van der Waals surface area contributed by atoms with Gasteiger partial charge in [0, 0.05) is 6.42 Å². The van der Waals surface area contributed by atoms with Crippen LogP contribution in [0.1, 0.15) is 22.9 Å². The zero-order chi connectivity index (χ0) is 16.1. The van der Waals surface area contributed by atoms with Crippen LogP contribution in [-0.4, -0.2) is 17.3 Å². The molecule has 0 atom stereocenters. The molecule has 0 saturated carbocycles. The Hall–Kier alpha value is -2.69. The van der Waals surface area contributed by atoms with Crippen LogP contribution in [0.3, 0.4) is 0 Å². The fourth-order valence-corrected chi connectivity index (χ4v) is 2.32. The number of nitrogens with zero attached hydrogens (tertiary/aromatic N) is 2. The van der Waals surface area contributed by atoms with Crippen molar-refractivity contribution in [2.24, 2.45) is 0 Å². The molecule has 0 aliphatic heterocycles. The van der Waals surface area contributed by atoms with E-state index >= 15 is 0 Å². The summed E-state index contributed by atoms with van der Waals surface area (Å²) in [6.07, 6.45) is 1.85. The summed E-state index contributed by atoms with van der Waals surface area (Å²) >= 11 is 0. The Morgan fingerprint density at radius 2 is 1.74 bits per heavy atom. The number of ether oxygens (including phenoxy) is 1. The zero-order valence-electron chi connectivity index (χ0n) is 12.8. The molecule has 3 rings (SSSR count). The summed E-state index contributed by atoms with van der Waals surface area (Å²) in [7, 11) is 1.64. The lowest BCUT2D eigenvalue weighted by atomic mass is 10.1. The van der Waals surface area contributed by atoms with Gasteiger partial charge in [0.05, 0.1) is 13.5 Å². The predicted molar refractivity (Wildman–Crippen MR) is 83.9 cm³/mol. The van der Waals surface area contributed by atoms with Crippen LogP contribution in [0, 0.1) is 5.82 Å². The third-order valence-corrected chi connectivity index (χ3v) is 3.54. The summed E-state index contributed by atoms with van der Waals surface area (Å²) in [6.45, 7) is 0. The summed E-state index contributed by atoms with van der Waals surface area (Å²) in [5, 5.41) is 8.11. The summed E-state index contributed by atoms with van der Waals surface area (Å²) in [6, 6.07) is 14.3. The summed E-state index contributed by atoms with van der Waals surface area (Å²) in [5.41, 5.74) is 1.99. The minimum absolute atomic E-state index is 0.228. The van der Waals surface area contributed by atoms with Crippen LogP contribution in [0.25, 0.3) is 0 Å². The van der Waals surface area contributed by atoms with Gasteiger partial charge in [0.25, 0.3) is 0 Å². The molecule has 0 unspecified atom stereocenters. The van der Waals surface area contributed by atoms with Crippen LogP contribution in [0.4, 0.5) is 4.39 Å². The molecule has 5 heteroatoms. The van der Waals surface area contributed by atoms with E-state index < -0.39 is 0 Å². The Balaban J connectivity index is 1.59. The van der Waals surface area contributed by atoms with E-state index in [4.69, 9.17) is 9.15 Å². The Kier molecular flexibility index (Phi) is 4.66. The quantitative estimate of drug-likeness (QED) is 0.698. The maximum absolute atomic E-state index is 13.1. The Morgan fingerprint density at radius 1 is 0.957 bits per heavy atom. The van der Waals surface area contributed by atoms with Crippen LogP contribution in [-0.2, 0) is 19.3 Å². The van der Waals surface area contributed by atoms with Gasteiger partial charge in [-0.1, -0.05) is 24.3 Å². The standard InChI is InChI=1S/C18H17FN2O2/c1-22-16-8-5-14(6-9-16)12-18-21-20-17(23-18)10-7-13-3-2-4-15(19)11-13/h2-6,8-9,11H,7,10,12H2,1H3. The molecule has 0 radical (unpaired) electrons. The van der Waals surface area contributed by atoms with Gasteiger partial charge < -0.3 is 9.15 Å². The van der Waals surface area contributed by atoms with E-state index in [-0.39, 0.29) is 5.82 Å². The van der Waals surface area contributed by atoms with Crippen LogP contribution in [0.2, 0.25) is 0 Å². The van der Waals surface area contributed by atoms with E-state index in [9.17, 15) is 4.39 Å². The van der Waals surface area contributed by atoms with Gasteiger partial charge in [0.15, 0.2) is 0 Å². The molecule has 0 spiro atoms. The molecule has 4 nitrogen and oxygen atoms in total. The second-order valence-electron chi connectivity index (χ2n) is 5.24. The molecule has 0 fully saturated rings. The number of aromatic nitrogens is 2. The number of benzene rings is 2. The van der Waals surface area contributed by atoms with E-state index in [0.717, 1.165) is 16.9 Å². The van der Waals surface area contributed by atoms with Crippen molar-refractivity contribution in [3.05, 3.63) is 77.3 Å². The van der Waals surface area contributed by atoms with Gasteiger partial charge in [-0.25, -0.2) is 4.39 Å². The minimum Gasteiger partial charge on any atom is -0.497 e. The highest BCUT2D eigenvalue weighted by atomic mass is 19.1. The highest BCUT2D eigenvalue weighted by Gasteiger charge is 2.08. The van der Waals surface area contributed by atoms with Gasteiger partial charge in [-0.3, -0.25) is 0 Å². The first-order valence-corrected chi connectivity index (χ1v) is 7.41. The van der Waals surface area contributed by atoms with Gasteiger partial charge in [-0.2, -0.15) is 0 Å². The minimum atomic E-state index is -0.228. The zero-order valence-corrected chi connectivity index (χ0v) is 12.8. The Morgan fingerprint density at radius 3 is 2.48 bits per heavy atom. The summed E-state index contributed by atoms with van der Waals surface area (Å²) < 4.78 is 23.9. The fraction of sp³-hybridized carbons (Fsp3) is 0.222. The Bertz CT molecular complexity index is 769. The highest BCUT2D eigenvalue weighted by Crippen LogP contribution is 2.15. The number of rotatable bonds is 6. The second-order valence-corrected chi connectivity index (χ2v) is 5.24. The Labute approximate surface area is 133 Å². The van der Waals surface area contributed by atoms with Crippen LogP contribution >= 0.6 is 0 Å². The van der Waals surface area contributed by atoms with Crippen molar-refractivity contribution in [3.63, 3.8) is 0 Å². The van der Waals surface area contributed by atoms with Crippen molar-refractivity contribution < 1.29 is 13.5 Å². The van der Waals surface area contributed by atoms with Crippen molar-refractivity contribution in [2.45, 2.75) is 19.3 Å². The van der Waals surface area contributed by atoms with Crippen molar-refractivity contribution in [3.8, 4) is 5.75 Å². The first-order valence-electron chi connectivity index (χ1n) is 7.41. The molecule has 1 aromatic heterocycles. The highest BCUT2D eigenvalue weighted by molar-refractivity contribution is 5.28. The molecule has 0 aliphatic rings. The SMILES string of the molecule is COc1ccc(Cc2nnc(CCc3cccc(F)c3)o2)cc1. The van der Waals surface area contributed by atoms with Crippen molar-refractivity contribution in [1.82, 2.24) is 10.2 Å². The first kappa shape index (κ1) is 15.2. The summed E-state index contributed by atoms with van der Waals surface area (Å²) in [4.78, 5) is 0. The number of aryl methyl sites for hydroxylation is 2. The van der Waals surface area contributed by atoms with E-state index in [1.165, 1.54) is 12.1 Å². The molecular weight excluding hydrogens is 295 g/mol. The van der Waals surface area contributed by atoms with Gasteiger partial charge in [0.2, 0.25) is 11.8 Å². The molecule has 0 amide bonds. The lowest BCUT2D eigenvalue weighted by Crippen LogP contribution is -1.92. The molecule has 0 saturated heterocycles. The molecule has 0 bridgehead atoms. The molecule has 3 aromatic rings. The van der Waals surface area contributed by atoms with Crippen LogP contribution < -0.4 is 4.74 Å². The van der Waals surface area contributed by atoms with Crippen molar-refractivity contribution in [1.29, 1.82) is 0 Å². The number of halogens is 1. The molecule has 2 aromatic carbocycles. The van der Waals surface area contributed by atoms with Crippen LogP contribution in [0.5, 0.6) is 5.75 Å². The van der Waals surface area contributed by atoms with Gasteiger partial charge >= 0.3 is 0 Å². The van der Waals surface area contributed by atoms with E-state index in [1.54, 1.807) is 13.2 Å². The fourth-order valence-electron chi connectivity index (χ4n) is 2.32. The van der Waals surface area contributed by atoms with E-state index in [2.05, 4.69) is 10.2 Å². The van der Waals surface area contributed by atoms with Gasteiger partial charge in [-0.15, -0.1) is 10.2 Å². The van der Waals surface area contributed by atoms with E-state index in [1.807, 2.05) is 30.3 Å². The number of hydrogen-bond donors (Lipinski definition) is 0. The molecule has 0 N–H and O–H groups in total. The maximum atomic E-state index is 13.1. The average Bonchev–Trinajstić information content (AvgIpc) is 3.01. The number of hydrogen-bond acceptors (Lipinski definition) is 4. The molecule has 1 heterocycles. The monoisotopic (exact) mass is 312 g/mol. The maximum Gasteiger partial charge on any atom is 0.220 e.